The number of carbonyl (C=O) groups is 2. The summed E-state index contributed by atoms with van der Waals surface area (Å²) in [5, 5.41) is 19.8. The normalized spacial score (nSPS) is 14.3. The molecule has 0 saturated carbocycles. The summed E-state index contributed by atoms with van der Waals surface area (Å²) >= 11 is 12.5. The first-order valence-electron chi connectivity index (χ1n) is 22.8. The number of benzene rings is 4. The smallest absolute Gasteiger partial charge is 0.256 e. The second kappa shape index (κ2) is 23.9. The summed E-state index contributed by atoms with van der Waals surface area (Å²) in [6.07, 6.45) is 4.42. The topological polar surface area (TPSA) is 137 Å². The Morgan fingerprint density at radius 3 is 1.63 bits per heavy atom. The van der Waals surface area contributed by atoms with Gasteiger partial charge in [-0.15, -0.1) is 12.4 Å². The molecular formula is C52H61Cl3N8O4. The zero-order chi connectivity index (χ0) is 46.7. The number of rotatable bonds is 16. The molecule has 4 heterocycles. The lowest BCUT2D eigenvalue weighted by molar-refractivity contribution is 0.101. The van der Waals surface area contributed by atoms with Crippen molar-refractivity contribution in [2.24, 2.45) is 16.8 Å². The van der Waals surface area contributed by atoms with E-state index in [1.54, 1.807) is 0 Å². The largest absolute Gasteiger partial charge is 0.493 e. The van der Waals surface area contributed by atoms with Gasteiger partial charge in [-0.1, -0.05) is 75.2 Å². The van der Waals surface area contributed by atoms with Crippen LogP contribution in [0.1, 0.15) is 114 Å². The maximum atomic E-state index is 12.8. The maximum Gasteiger partial charge on any atom is 0.256 e. The molecule has 6 aromatic rings. The van der Waals surface area contributed by atoms with Gasteiger partial charge < -0.3 is 25.4 Å². The maximum absolute atomic E-state index is 12.8. The third kappa shape index (κ3) is 14.2. The molecular weight excluding hydrogens is 907 g/mol. The van der Waals surface area contributed by atoms with E-state index in [1.807, 2.05) is 120 Å². The Bertz CT molecular complexity index is 2630. The molecule has 0 spiro atoms. The van der Waals surface area contributed by atoms with E-state index in [2.05, 4.69) is 58.8 Å². The molecule has 2 aliphatic rings. The zero-order valence-electron chi connectivity index (χ0n) is 39.1. The number of nitrogens with zero attached hydrogens (tertiary/aromatic N) is 5. The predicted molar refractivity (Wildman–Crippen MR) is 272 cm³/mol. The van der Waals surface area contributed by atoms with Crippen molar-refractivity contribution in [1.29, 1.82) is 0 Å². The van der Waals surface area contributed by atoms with Gasteiger partial charge >= 0.3 is 0 Å². The Morgan fingerprint density at radius 1 is 0.701 bits per heavy atom. The van der Waals surface area contributed by atoms with E-state index in [0.29, 0.717) is 77.0 Å². The van der Waals surface area contributed by atoms with Crippen LogP contribution in [0.25, 0.3) is 0 Å². The molecule has 0 radical (unpaired) electrons. The lowest BCUT2D eigenvalue weighted by Gasteiger charge is -2.14. The van der Waals surface area contributed by atoms with Crippen molar-refractivity contribution in [3.63, 3.8) is 0 Å². The van der Waals surface area contributed by atoms with Crippen LogP contribution in [0, 0.1) is 25.7 Å². The van der Waals surface area contributed by atoms with Crippen LogP contribution in [0.3, 0.4) is 0 Å². The Morgan fingerprint density at radius 2 is 1.19 bits per heavy atom. The summed E-state index contributed by atoms with van der Waals surface area (Å²) in [5.41, 5.74) is 8.38. The molecule has 354 valence electrons. The van der Waals surface area contributed by atoms with Crippen LogP contribution < -0.4 is 25.4 Å². The Hall–Kier alpha value is -5.66. The van der Waals surface area contributed by atoms with Gasteiger partial charge in [-0.05, 0) is 130 Å². The number of hydrogen-bond donors (Lipinski definition) is 3. The van der Waals surface area contributed by atoms with Crippen LogP contribution in [0.15, 0.2) is 102 Å². The molecule has 8 rings (SSSR count). The predicted octanol–water partition coefficient (Wildman–Crippen LogP) is 11.8. The number of anilines is 2. The minimum Gasteiger partial charge on any atom is -0.493 e. The highest BCUT2D eigenvalue weighted by Gasteiger charge is 2.19. The van der Waals surface area contributed by atoms with E-state index >= 15 is 0 Å². The average Bonchev–Trinajstić information content (AvgIpc) is 4.14. The SMILES string of the molecule is Cc1cc(NC(=O)c2ccc(C3=NCCC3)cc2)nn1Cc1cc(Cl)ccc1OCC(C)C.Cc1cc(NC(=O)c2ccc(C3CCCN3)cc2)nn1Cc1cc(Cl)ccc1OCC(C)C.Cl. The first kappa shape index (κ1) is 50.7. The Kier molecular flexibility index (Phi) is 18.1. The summed E-state index contributed by atoms with van der Waals surface area (Å²) in [6, 6.07) is 30.7. The lowest BCUT2D eigenvalue weighted by atomic mass is 10.0. The standard InChI is InChI=1S/C26H31ClN4O2.C26H29ClN4O2.ClH/c2*1-17(2)16-33-24-11-10-22(27)14-21(24)15-31-18(3)13-25(30-31)29-26(32)20-8-6-19(7-9-20)23-5-4-12-28-23;/h6-11,13-14,17,23,28H,4-5,12,15-16H2,1-3H3,(H,29,30,32);6-11,13-14,17H,4-5,12,15-16H2,1-3H3,(H,29,30,32);1H. The van der Waals surface area contributed by atoms with E-state index < -0.39 is 0 Å². The monoisotopic (exact) mass is 966 g/mol. The van der Waals surface area contributed by atoms with Crippen molar-refractivity contribution < 1.29 is 19.1 Å². The van der Waals surface area contributed by atoms with Crippen molar-refractivity contribution >= 4 is 64.8 Å². The summed E-state index contributed by atoms with van der Waals surface area (Å²) < 4.78 is 15.6. The van der Waals surface area contributed by atoms with Crippen LogP contribution in [0.5, 0.6) is 11.5 Å². The van der Waals surface area contributed by atoms with Crippen LogP contribution in [-0.2, 0) is 13.1 Å². The molecule has 12 nitrogen and oxygen atoms in total. The van der Waals surface area contributed by atoms with Crippen LogP contribution in [0.2, 0.25) is 10.0 Å². The number of aromatic nitrogens is 4. The van der Waals surface area contributed by atoms with Crippen LogP contribution >= 0.6 is 35.6 Å². The molecule has 2 amide bonds. The number of hydrogen-bond acceptors (Lipinski definition) is 8. The Labute approximate surface area is 410 Å². The van der Waals surface area contributed by atoms with Gasteiger partial charge in [0.15, 0.2) is 11.6 Å². The van der Waals surface area contributed by atoms with Gasteiger partial charge in [0, 0.05) is 74.1 Å². The molecule has 1 saturated heterocycles. The minimum absolute atomic E-state index is 0. The van der Waals surface area contributed by atoms with Crippen LogP contribution in [0.4, 0.5) is 11.6 Å². The van der Waals surface area contributed by atoms with E-state index in [9.17, 15) is 9.59 Å². The summed E-state index contributed by atoms with van der Waals surface area (Å²) in [5.74, 6) is 3.09. The number of amides is 2. The molecule has 0 bridgehead atoms. The van der Waals surface area contributed by atoms with Gasteiger partial charge in [0.05, 0.1) is 26.3 Å². The minimum atomic E-state index is -0.191. The highest BCUT2D eigenvalue weighted by atomic mass is 35.5. The van der Waals surface area contributed by atoms with Gasteiger partial charge in [-0.25, -0.2) is 0 Å². The second-order valence-corrected chi connectivity index (χ2v) is 18.6. The Balaban J connectivity index is 0.000000218. The number of carbonyl (C=O) groups excluding carboxylic acids is 2. The second-order valence-electron chi connectivity index (χ2n) is 17.8. The quantitative estimate of drug-likeness (QED) is 0.0878. The summed E-state index contributed by atoms with van der Waals surface area (Å²) in [7, 11) is 0. The third-order valence-corrected chi connectivity index (χ3v) is 11.7. The van der Waals surface area contributed by atoms with Crippen molar-refractivity contribution in [2.45, 2.75) is 86.4 Å². The number of aliphatic imine (C=N–C) groups is 1. The van der Waals surface area contributed by atoms with Crippen molar-refractivity contribution in [1.82, 2.24) is 24.9 Å². The highest BCUT2D eigenvalue weighted by molar-refractivity contribution is 6.31. The molecule has 1 unspecified atom stereocenters. The van der Waals surface area contributed by atoms with Gasteiger partial charge in [0.1, 0.15) is 11.5 Å². The summed E-state index contributed by atoms with van der Waals surface area (Å²) in [4.78, 5) is 30.0. The van der Waals surface area contributed by atoms with Gasteiger partial charge in [-0.3, -0.25) is 23.9 Å². The fourth-order valence-corrected chi connectivity index (χ4v) is 8.11. The average molecular weight is 968 g/mol. The van der Waals surface area contributed by atoms with E-state index in [0.717, 1.165) is 77.6 Å². The molecule has 1 fully saturated rings. The molecule has 4 aromatic carbocycles. The number of nitrogens with one attached hydrogen (secondary N) is 3. The summed E-state index contributed by atoms with van der Waals surface area (Å²) in [6.45, 7) is 16.6. The third-order valence-electron chi connectivity index (χ3n) is 11.3. The fraction of sp³-hybridized carbons (Fsp3) is 0.365. The molecule has 67 heavy (non-hydrogen) atoms. The van der Waals surface area contributed by atoms with Gasteiger partial charge in [-0.2, -0.15) is 10.2 Å². The number of halogens is 3. The van der Waals surface area contributed by atoms with Gasteiger partial charge in [0.2, 0.25) is 0 Å². The lowest BCUT2D eigenvalue weighted by Crippen LogP contribution is -2.15. The van der Waals surface area contributed by atoms with E-state index in [-0.39, 0.29) is 24.2 Å². The molecule has 2 aliphatic heterocycles. The van der Waals surface area contributed by atoms with Crippen molar-refractivity contribution in [3.8, 4) is 11.5 Å². The zero-order valence-corrected chi connectivity index (χ0v) is 41.4. The van der Waals surface area contributed by atoms with E-state index in [4.69, 9.17) is 32.7 Å². The number of aryl methyl sites for hydroxylation is 2. The van der Waals surface area contributed by atoms with Crippen molar-refractivity contribution in [3.05, 3.63) is 152 Å². The molecule has 3 N–H and O–H groups in total. The van der Waals surface area contributed by atoms with Crippen molar-refractivity contribution in [2.75, 3.05) is 36.9 Å². The molecule has 2 aromatic heterocycles. The first-order chi connectivity index (χ1) is 31.8. The fourth-order valence-electron chi connectivity index (χ4n) is 7.73. The number of ether oxygens (including phenoxy) is 2. The highest BCUT2D eigenvalue weighted by Crippen LogP contribution is 2.28. The van der Waals surface area contributed by atoms with Gasteiger partial charge in [0.25, 0.3) is 11.8 Å². The van der Waals surface area contributed by atoms with Crippen LogP contribution in [-0.4, -0.2) is 63.4 Å². The molecule has 15 heteroatoms. The molecule has 1 atom stereocenters. The van der Waals surface area contributed by atoms with E-state index in [1.165, 1.54) is 12.0 Å². The first-order valence-corrected chi connectivity index (χ1v) is 23.5. The molecule has 0 aliphatic carbocycles.